The van der Waals surface area contributed by atoms with Gasteiger partial charge in [-0.05, 0) is 62.5 Å². The molecule has 236 valence electrons. The van der Waals surface area contributed by atoms with Crippen LogP contribution in [-0.4, -0.2) is 91.4 Å². The summed E-state index contributed by atoms with van der Waals surface area (Å²) >= 11 is 0. The van der Waals surface area contributed by atoms with E-state index in [0.29, 0.717) is 38.0 Å². The zero-order chi connectivity index (χ0) is 31.1. The highest BCUT2D eigenvalue weighted by molar-refractivity contribution is 6.01. The van der Waals surface area contributed by atoms with Gasteiger partial charge in [0.05, 0.1) is 32.5 Å². The van der Waals surface area contributed by atoms with Crippen LogP contribution in [0.2, 0.25) is 0 Å². The number of hydrogen-bond acceptors (Lipinski definition) is 9. The molecule has 10 heteroatoms. The van der Waals surface area contributed by atoms with Gasteiger partial charge in [-0.2, -0.15) is 0 Å². The first kappa shape index (κ1) is 32.9. The molecule has 0 aliphatic heterocycles. The third-order valence-corrected chi connectivity index (χ3v) is 10.8. The van der Waals surface area contributed by atoms with Gasteiger partial charge < -0.3 is 29.2 Å². The number of ether oxygens (including phenoxy) is 4. The third kappa shape index (κ3) is 5.11. The highest BCUT2D eigenvalue weighted by Crippen LogP contribution is 2.70. The maximum atomic E-state index is 17.3. The van der Waals surface area contributed by atoms with Gasteiger partial charge in [0.1, 0.15) is 5.60 Å². The van der Waals surface area contributed by atoms with E-state index in [0.717, 1.165) is 0 Å². The predicted octanol–water partition coefficient (Wildman–Crippen LogP) is 3.15. The molecule has 0 aromatic carbocycles. The van der Waals surface area contributed by atoms with Gasteiger partial charge in [0.15, 0.2) is 24.2 Å². The molecule has 1 unspecified atom stereocenters. The number of fused-ring (bicyclic) bond motifs is 5. The Balaban J connectivity index is 1.48. The zero-order valence-electron chi connectivity index (χ0n) is 25.7. The maximum Gasteiger partial charge on any atom is 0.335 e. The van der Waals surface area contributed by atoms with Crippen molar-refractivity contribution < 1.29 is 47.9 Å². The van der Waals surface area contributed by atoms with Gasteiger partial charge in [0.2, 0.25) is 5.78 Å². The van der Waals surface area contributed by atoms with Gasteiger partial charge in [0, 0.05) is 23.9 Å². The first-order valence-electron chi connectivity index (χ1n) is 15.1. The Kier molecular flexibility index (Phi) is 9.56. The molecule has 0 radical (unpaired) electrons. The zero-order valence-corrected chi connectivity index (χ0v) is 25.7. The minimum absolute atomic E-state index is 0.142. The van der Waals surface area contributed by atoms with Crippen LogP contribution in [0.3, 0.4) is 0 Å². The van der Waals surface area contributed by atoms with E-state index in [2.05, 4.69) is 0 Å². The normalized spacial score (nSPS) is 39.8. The molecule has 0 aromatic rings. The minimum atomic E-state index is -2.06. The summed E-state index contributed by atoms with van der Waals surface area (Å²) in [5.41, 5.74) is -5.62. The van der Waals surface area contributed by atoms with E-state index >= 15 is 4.39 Å². The van der Waals surface area contributed by atoms with Crippen LogP contribution in [0.5, 0.6) is 0 Å². The molecule has 0 bridgehead atoms. The highest BCUT2D eigenvalue weighted by atomic mass is 19.1. The van der Waals surface area contributed by atoms with Crippen molar-refractivity contribution in [1.29, 1.82) is 0 Å². The number of allylic oxidation sites excluding steroid dienone is 4. The summed E-state index contributed by atoms with van der Waals surface area (Å²) in [5, 5.41) is 23.6. The second-order valence-electron chi connectivity index (χ2n) is 13.3. The molecule has 3 saturated carbocycles. The van der Waals surface area contributed by atoms with Crippen molar-refractivity contribution in [3.05, 3.63) is 23.8 Å². The van der Waals surface area contributed by atoms with E-state index in [1.165, 1.54) is 12.2 Å². The number of rotatable bonds is 12. The summed E-state index contributed by atoms with van der Waals surface area (Å²) in [6, 6.07) is 0. The average Bonchev–Trinajstić information content (AvgIpc) is 3.13. The second kappa shape index (κ2) is 12.2. The number of esters is 1. The van der Waals surface area contributed by atoms with Crippen LogP contribution >= 0.6 is 0 Å². The van der Waals surface area contributed by atoms with E-state index in [1.54, 1.807) is 47.8 Å². The molecule has 0 heterocycles. The molecule has 0 amide bonds. The molecule has 2 N–H and O–H groups in total. The number of halogens is 1. The Morgan fingerprint density at radius 3 is 2.50 bits per heavy atom. The summed E-state index contributed by atoms with van der Waals surface area (Å²) < 4.78 is 38.7. The highest BCUT2D eigenvalue weighted by Gasteiger charge is 2.75. The second-order valence-corrected chi connectivity index (χ2v) is 13.3. The Morgan fingerprint density at radius 2 is 1.83 bits per heavy atom. The number of carbonyl (C=O) groups is 3. The van der Waals surface area contributed by atoms with Crippen LogP contribution in [0.4, 0.5) is 4.39 Å². The fraction of sp³-hybridized carbons (Fsp3) is 0.781. The topological polar surface area (TPSA) is 129 Å². The number of hydrogen-bond donors (Lipinski definition) is 2. The molecule has 42 heavy (non-hydrogen) atoms. The van der Waals surface area contributed by atoms with Crippen molar-refractivity contribution in [3.8, 4) is 0 Å². The van der Waals surface area contributed by atoms with Crippen molar-refractivity contribution in [2.75, 3.05) is 40.1 Å². The fourth-order valence-corrected chi connectivity index (χ4v) is 8.48. The summed E-state index contributed by atoms with van der Waals surface area (Å²) in [6.07, 6.45) is 3.15. The lowest BCUT2D eigenvalue weighted by molar-refractivity contribution is -0.220. The molecule has 9 atom stereocenters. The molecule has 4 aliphatic carbocycles. The van der Waals surface area contributed by atoms with Gasteiger partial charge >= 0.3 is 5.97 Å². The first-order chi connectivity index (χ1) is 19.7. The first-order valence-corrected chi connectivity index (χ1v) is 15.1. The summed E-state index contributed by atoms with van der Waals surface area (Å²) in [5.74, 6) is -3.39. The molecule has 9 nitrogen and oxygen atoms in total. The van der Waals surface area contributed by atoms with Crippen LogP contribution in [0.15, 0.2) is 23.8 Å². The van der Waals surface area contributed by atoms with Gasteiger partial charge in [-0.15, -0.1) is 0 Å². The standard InChI is InChI=1S/C32H47FO9/c1-19(2)27(41-14-13-40-12-11-39-6)28(37)42-18-26(36)32(38)20(3)15-24-23-8-7-21-16-22(34)9-10-29(21,4)31(23,33)25(35)17-30(24,32)5/h9-10,16,19-20,23-25,27,35,38H,7-8,11-15,17-18H2,1-6H3/t20-,23+,24+,25+,27?,29+,30+,31+,32+/m0/s1. The van der Waals surface area contributed by atoms with Crippen LogP contribution in [0.1, 0.15) is 60.3 Å². The van der Waals surface area contributed by atoms with Crippen molar-refractivity contribution in [3.63, 3.8) is 0 Å². The number of aliphatic hydroxyl groups excluding tert-OH is 1. The van der Waals surface area contributed by atoms with Gasteiger partial charge in [-0.25, -0.2) is 9.18 Å². The van der Waals surface area contributed by atoms with Crippen molar-refractivity contribution in [2.24, 2.45) is 34.5 Å². The lowest BCUT2D eigenvalue weighted by Gasteiger charge is -2.62. The Bertz CT molecular complexity index is 1120. The lowest BCUT2D eigenvalue weighted by Crippen LogP contribution is -2.69. The summed E-state index contributed by atoms with van der Waals surface area (Å²) in [7, 11) is 1.57. The van der Waals surface area contributed by atoms with E-state index < -0.39 is 70.4 Å². The number of ketones is 2. The average molecular weight is 595 g/mol. The lowest BCUT2D eigenvalue weighted by atomic mass is 9.44. The minimum Gasteiger partial charge on any atom is -0.456 e. The number of carbonyl (C=O) groups excluding carboxylic acids is 3. The van der Waals surface area contributed by atoms with Crippen LogP contribution in [-0.2, 0) is 33.3 Å². The molecule has 4 aliphatic rings. The van der Waals surface area contributed by atoms with Gasteiger partial charge in [-0.3, -0.25) is 9.59 Å². The van der Waals surface area contributed by atoms with E-state index in [1.807, 2.05) is 0 Å². The van der Waals surface area contributed by atoms with Crippen LogP contribution < -0.4 is 0 Å². The number of methoxy groups -OCH3 is 1. The smallest absolute Gasteiger partial charge is 0.335 e. The van der Waals surface area contributed by atoms with Gasteiger partial charge in [-0.1, -0.05) is 39.3 Å². The molecule has 0 aromatic heterocycles. The van der Waals surface area contributed by atoms with Crippen LogP contribution in [0.25, 0.3) is 0 Å². The van der Waals surface area contributed by atoms with Gasteiger partial charge in [0.25, 0.3) is 0 Å². The number of Topliss-reactive ketones (excluding diaryl/α,β-unsaturated/α-hetero) is 1. The Labute approximate surface area is 247 Å². The van der Waals surface area contributed by atoms with Crippen LogP contribution in [0, 0.1) is 34.5 Å². The Morgan fingerprint density at radius 1 is 1.14 bits per heavy atom. The summed E-state index contributed by atoms with van der Waals surface area (Å²) in [4.78, 5) is 38.7. The molecule has 0 spiro atoms. The molecular weight excluding hydrogens is 547 g/mol. The molecule has 0 saturated heterocycles. The third-order valence-electron chi connectivity index (χ3n) is 10.8. The SMILES string of the molecule is COCCOCCOC(C(=O)OCC(=O)[C@]1(O)[C@@H](C)C[C@@H]2[C@H]3CCC4=CC(=O)C=C[C@@]4(C)[C@]3(F)[C@H](O)C[C@]21C)C(C)C. The van der Waals surface area contributed by atoms with Crippen molar-refractivity contribution in [1.82, 2.24) is 0 Å². The maximum absolute atomic E-state index is 17.3. The van der Waals surface area contributed by atoms with Crippen molar-refractivity contribution >= 4 is 17.5 Å². The predicted molar refractivity (Wildman–Crippen MR) is 151 cm³/mol. The molecule has 3 fully saturated rings. The number of alkyl halides is 1. The number of aliphatic hydroxyl groups is 2. The summed E-state index contributed by atoms with van der Waals surface area (Å²) in [6.45, 7) is 9.43. The molecular formula is C32H47FO9. The van der Waals surface area contributed by atoms with Crippen molar-refractivity contribution in [2.45, 2.75) is 83.8 Å². The van der Waals surface area contributed by atoms with E-state index in [-0.39, 0.29) is 31.3 Å². The largest absolute Gasteiger partial charge is 0.456 e. The molecule has 4 rings (SSSR count). The quantitative estimate of drug-likeness (QED) is 0.259. The van der Waals surface area contributed by atoms with E-state index in [4.69, 9.17) is 18.9 Å². The fourth-order valence-electron chi connectivity index (χ4n) is 8.48. The van der Waals surface area contributed by atoms with E-state index in [9.17, 15) is 24.6 Å². The Hall–Kier alpha value is -1.98. The monoisotopic (exact) mass is 594 g/mol.